The van der Waals surface area contributed by atoms with Crippen molar-refractivity contribution in [3.05, 3.63) is 54.1 Å². The van der Waals surface area contributed by atoms with Crippen LogP contribution in [0.2, 0.25) is 0 Å². The number of aliphatic hydroxyl groups is 1. The van der Waals surface area contributed by atoms with E-state index in [1.54, 1.807) is 24.3 Å². The molecule has 2 aliphatic heterocycles. The van der Waals surface area contributed by atoms with E-state index < -0.39 is 12.2 Å². The number of benzene rings is 2. The Morgan fingerprint density at radius 3 is 2.21 bits per heavy atom. The number of hydrogen-bond donors (Lipinski definition) is 5. The fourth-order valence-corrected chi connectivity index (χ4v) is 5.12. The molecule has 0 unspecified atom stereocenters. The number of phenols is 1. The number of hydrogen-bond acceptors (Lipinski definition) is 7. The molecular weight excluding hydrogens is 500 g/mol. The van der Waals surface area contributed by atoms with Gasteiger partial charge in [0.2, 0.25) is 5.91 Å². The lowest BCUT2D eigenvalue weighted by atomic mass is 9.94. The molecule has 0 bridgehead atoms. The number of piperidine rings is 2. The summed E-state index contributed by atoms with van der Waals surface area (Å²) in [5, 5.41) is 35.4. The summed E-state index contributed by atoms with van der Waals surface area (Å²) in [6, 6.07) is 15.1. The second-order valence-corrected chi connectivity index (χ2v) is 10.4. The summed E-state index contributed by atoms with van der Waals surface area (Å²) in [6.07, 6.45) is 2.33. The predicted octanol–water partition coefficient (Wildman–Crippen LogP) is 2.76. The number of rotatable bonds is 11. The van der Waals surface area contributed by atoms with Gasteiger partial charge in [0.15, 0.2) is 0 Å². The molecule has 2 aromatic carbocycles. The molecule has 0 spiro atoms. The molecule has 0 aliphatic carbocycles. The molecule has 2 saturated heterocycles. The number of anilines is 1. The highest BCUT2D eigenvalue weighted by Crippen LogP contribution is 2.23. The Labute approximate surface area is 229 Å². The van der Waals surface area contributed by atoms with Gasteiger partial charge in [0.25, 0.3) is 0 Å². The molecule has 39 heavy (non-hydrogen) atoms. The van der Waals surface area contributed by atoms with Gasteiger partial charge in [-0.05, 0) is 80.6 Å². The van der Waals surface area contributed by atoms with Crippen molar-refractivity contribution in [1.29, 1.82) is 0 Å². The summed E-state index contributed by atoms with van der Waals surface area (Å²) in [6.45, 7) is 3.68. The lowest BCUT2D eigenvalue weighted by Gasteiger charge is -2.37. The van der Waals surface area contributed by atoms with Crippen molar-refractivity contribution < 1.29 is 29.6 Å². The number of phenolic OH excluding ortho intramolecular Hbond substituents is 1. The third-order valence-corrected chi connectivity index (χ3v) is 7.50. The molecule has 2 amide bonds. The summed E-state index contributed by atoms with van der Waals surface area (Å²) < 4.78 is 5.52. The molecule has 10 heteroatoms. The van der Waals surface area contributed by atoms with Crippen LogP contribution in [-0.2, 0) is 11.2 Å². The molecule has 212 valence electrons. The van der Waals surface area contributed by atoms with E-state index in [0.717, 1.165) is 44.6 Å². The van der Waals surface area contributed by atoms with Gasteiger partial charge in [-0.3, -0.25) is 4.79 Å². The Bertz CT molecular complexity index is 1050. The SMILES string of the molecule is O=C(O)N1CCC(C(=O)N2CCC(Nc3ccc(CCNC[C@H](O)COc4ccc(O)cc4)cc3)CC2)CC1. The van der Waals surface area contributed by atoms with E-state index in [4.69, 9.17) is 9.84 Å². The summed E-state index contributed by atoms with van der Waals surface area (Å²) in [4.78, 5) is 27.3. The molecule has 1 atom stereocenters. The molecular formula is C29H40N4O6. The number of ether oxygens (including phenoxy) is 1. The van der Waals surface area contributed by atoms with Crippen LogP contribution in [0.15, 0.2) is 48.5 Å². The average molecular weight is 541 g/mol. The molecule has 0 radical (unpaired) electrons. The number of carboxylic acid groups (broad SMARTS) is 1. The van der Waals surface area contributed by atoms with Crippen molar-refractivity contribution in [2.45, 2.75) is 44.2 Å². The van der Waals surface area contributed by atoms with Crippen LogP contribution in [0.5, 0.6) is 11.5 Å². The Morgan fingerprint density at radius 2 is 1.56 bits per heavy atom. The van der Waals surface area contributed by atoms with Crippen molar-refractivity contribution in [2.75, 3.05) is 51.2 Å². The van der Waals surface area contributed by atoms with Crippen molar-refractivity contribution >= 4 is 17.7 Å². The van der Waals surface area contributed by atoms with Crippen molar-refractivity contribution in [2.24, 2.45) is 5.92 Å². The molecule has 0 aromatic heterocycles. The largest absolute Gasteiger partial charge is 0.508 e. The second kappa shape index (κ2) is 14.0. The topological polar surface area (TPSA) is 135 Å². The van der Waals surface area contributed by atoms with Crippen molar-refractivity contribution in [3.8, 4) is 11.5 Å². The van der Waals surface area contributed by atoms with Gasteiger partial charge in [0.05, 0.1) is 0 Å². The van der Waals surface area contributed by atoms with Crippen LogP contribution < -0.4 is 15.4 Å². The third-order valence-electron chi connectivity index (χ3n) is 7.50. The quantitative estimate of drug-likeness (QED) is 0.275. The first-order chi connectivity index (χ1) is 18.9. The summed E-state index contributed by atoms with van der Waals surface area (Å²) >= 11 is 0. The summed E-state index contributed by atoms with van der Waals surface area (Å²) in [5.41, 5.74) is 2.27. The average Bonchev–Trinajstić information content (AvgIpc) is 2.96. The fraction of sp³-hybridized carbons (Fsp3) is 0.517. The van der Waals surface area contributed by atoms with E-state index in [-0.39, 0.29) is 24.2 Å². The third kappa shape index (κ3) is 8.76. The summed E-state index contributed by atoms with van der Waals surface area (Å²) in [7, 11) is 0. The van der Waals surface area contributed by atoms with Gasteiger partial charge in [-0.15, -0.1) is 0 Å². The molecule has 2 aromatic rings. The van der Waals surface area contributed by atoms with Crippen LogP contribution in [-0.4, -0.2) is 95.1 Å². The van der Waals surface area contributed by atoms with Gasteiger partial charge in [-0.2, -0.15) is 0 Å². The van der Waals surface area contributed by atoms with Gasteiger partial charge in [-0.25, -0.2) is 4.79 Å². The van der Waals surface area contributed by atoms with Gasteiger partial charge in [0.1, 0.15) is 24.2 Å². The maximum absolute atomic E-state index is 12.9. The van der Waals surface area contributed by atoms with E-state index >= 15 is 0 Å². The molecule has 10 nitrogen and oxygen atoms in total. The zero-order valence-corrected chi connectivity index (χ0v) is 22.3. The van der Waals surface area contributed by atoms with Gasteiger partial charge < -0.3 is 40.5 Å². The number of carbonyl (C=O) groups is 2. The number of carbonyl (C=O) groups excluding carboxylic acids is 1. The van der Waals surface area contributed by atoms with Crippen LogP contribution in [0.3, 0.4) is 0 Å². The monoisotopic (exact) mass is 540 g/mol. The van der Waals surface area contributed by atoms with Crippen molar-refractivity contribution in [1.82, 2.24) is 15.1 Å². The second-order valence-electron chi connectivity index (χ2n) is 10.4. The van der Waals surface area contributed by atoms with Crippen LogP contribution >= 0.6 is 0 Å². The number of nitrogens with zero attached hydrogens (tertiary/aromatic N) is 2. The van der Waals surface area contributed by atoms with Gasteiger partial charge >= 0.3 is 6.09 Å². The minimum absolute atomic E-state index is 0.0609. The predicted molar refractivity (Wildman–Crippen MR) is 148 cm³/mol. The highest BCUT2D eigenvalue weighted by molar-refractivity contribution is 5.79. The highest BCUT2D eigenvalue weighted by Gasteiger charge is 2.32. The molecule has 2 fully saturated rings. The van der Waals surface area contributed by atoms with E-state index in [0.29, 0.717) is 44.3 Å². The smallest absolute Gasteiger partial charge is 0.407 e. The van der Waals surface area contributed by atoms with E-state index in [2.05, 4.69) is 34.9 Å². The number of nitrogens with one attached hydrogen (secondary N) is 2. The van der Waals surface area contributed by atoms with Crippen LogP contribution in [0.4, 0.5) is 10.5 Å². The molecule has 2 heterocycles. The zero-order chi connectivity index (χ0) is 27.6. The lowest BCUT2D eigenvalue weighted by molar-refractivity contribution is -0.138. The highest BCUT2D eigenvalue weighted by atomic mass is 16.5. The van der Waals surface area contributed by atoms with Crippen LogP contribution in [0.1, 0.15) is 31.2 Å². The van der Waals surface area contributed by atoms with E-state index in [1.165, 1.54) is 10.5 Å². The van der Waals surface area contributed by atoms with E-state index in [1.807, 2.05) is 4.90 Å². The summed E-state index contributed by atoms with van der Waals surface area (Å²) in [5.74, 6) is 0.897. The van der Waals surface area contributed by atoms with Gasteiger partial charge in [-0.1, -0.05) is 12.1 Å². The normalized spacial score (nSPS) is 17.6. The number of aliphatic hydroxyl groups excluding tert-OH is 1. The first kappa shape index (κ1) is 28.5. The van der Waals surface area contributed by atoms with Crippen LogP contribution in [0.25, 0.3) is 0 Å². The Morgan fingerprint density at radius 1 is 0.923 bits per heavy atom. The minimum atomic E-state index is -0.901. The van der Waals surface area contributed by atoms with Crippen molar-refractivity contribution in [3.63, 3.8) is 0 Å². The first-order valence-corrected chi connectivity index (χ1v) is 13.8. The number of likely N-dealkylation sites (tertiary alicyclic amines) is 2. The first-order valence-electron chi connectivity index (χ1n) is 13.8. The van der Waals surface area contributed by atoms with E-state index in [9.17, 15) is 19.8 Å². The van der Waals surface area contributed by atoms with Crippen LogP contribution in [0, 0.1) is 5.92 Å². The molecule has 0 saturated carbocycles. The zero-order valence-electron chi connectivity index (χ0n) is 22.3. The Hall–Kier alpha value is -3.50. The minimum Gasteiger partial charge on any atom is -0.508 e. The maximum Gasteiger partial charge on any atom is 0.407 e. The molecule has 5 N–H and O–H groups in total. The lowest BCUT2D eigenvalue weighted by Crippen LogP contribution is -2.47. The standard InChI is InChI=1S/C29H40N4O6/c34-25-5-7-27(8-6-25)39-20-26(35)19-30-14-9-21-1-3-23(4-2-21)31-24-12-17-32(18-13-24)28(36)22-10-15-33(16-11-22)29(37)38/h1-8,22,24,26,30-31,34-35H,9-20H2,(H,37,38)/t26-/m0/s1. The van der Waals surface area contributed by atoms with Gasteiger partial charge in [0, 0.05) is 50.4 Å². The Balaban J connectivity index is 1.09. The fourth-order valence-electron chi connectivity index (χ4n) is 5.12. The number of aromatic hydroxyl groups is 1. The maximum atomic E-state index is 12.9. The molecule has 4 rings (SSSR count). The number of amides is 2. The molecule has 2 aliphatic rings. The Kier molecular flexibility index (Phi) is 10.3.